The van der Waals surface area contributed by atoms with Gasteiger partial charge < -0.3 is 20.9 Å². The lowest BCUT2D eigenvalue weighted by molar-refractivity contribution is -0.133. The molecule has 3 saturated carbocycles. The van der Waals surface area contributed by atoms with Crippen LogP contribution >= 0.6 is 23.5 Å². The number of allylic oxidation sites excluding steroid dienone is 2. The molecule has 0 amide bonds. The number of fused-ring (bicyclic) bond motifs is 3. The van der Waals surface area contributed by atoms with Crippen LogP contribution < -0.4 is 20.9 Å². The van der Waals surface area contributed by atoms with Gasteiger partial charge >= 0.3 is 0 Å². The Bertz CT molecular complexity index is 1330. The van der Waals surface area contributed by atoms with E-state index >= 15 is 8.78 Å². The lowest BCUT2D eigenvalue weighted by Gasteiger charge is -2.50. The summed E-state index contributed by atoms with van der Waals surface area (Å²) in [7, 11) is 0. The summed E-state index contributed by atoms with van der Waals surface area (Å²) < 4.78 is 34.9. The van der Waals surface area contributed by atoms with Crippen molar-refractivity contribution in [3.8, 4) is 0 Å². The number of nitrogens with one attached hydrogen (secondary N) is 1. The van der Waals surface area contributed by atoms with E-state index in [9.17, 15) is 0 Å². The molecule has 2 saturated heterocycles. The quantitative estimate of drug-likeness (QED) is 0.152. The van der Waals surface area contributed by atoms with Gasteiger partial charge in [-0.2, -0.15) is 0 Å². The van der Waals surface area contributed by atoms with E-state index in [1.54, 1.807) is 18.0 Å². The number of anilines is 2. The molecular weight excluding hydrogens is 598 g/mol. The zero-order valence-corrected chi connectivity index (χ0v) is 27.1. The molecule has 238 valence electrons. The summed E-state index contributed by atoms with van der Waals surface area (Å²) in [5.41, 5.74) is 9.00. The molecule has 4 atom stereocenters. The minimum absolute atomic E-state index is 0.000856. The van der Waals surface area contributed by atoms with Crippen LogP contribution in [0.25, 0.3) is 0 Å². The van der Waals surface area contributed by atoms with Crippen molar-refractivity contribution in [1.82, 2.24) is 14.6 Å². The number of piperazine rings is 1. The largest absolute Gasteiger partial charge is 0.389 e. The number of benzene rings is 1. The smallest absolute Gasteiger partial charge is 0.276 e. The lowest BCUT2D eigenvalue weighted by atomic mass is 9.57. The van der Waals surface area contributed by atoms with Crippen LogP contribution in [-0.2, 0) is 5.92 Å². The molecule has 3 aliphatic carbocycles. The number of aromatic nitrogens is 1. The fourth-order valence-corrected chi connectivity index (χ4v) is 8.83. The average Bonchev–Trinajstić information content (AvgIpc) is 3.47. The first-order chi connectivity index (χ1) is 21.2. The van der Waals surface area contributed by atoms with Crippen molar-refractivity contribution in [3.63, 3.8) is 0 Å². The summed E-state index contributed by atoms with van der Waals surface area (Å²) in [6, 6.07) is 11.6. The van der Waals surface area contributed by atoms with Gasteiger partial charge in [-0.05, 0) is 112 Å². The van der Waals surface area contributed by atoms with E-state index in [1.807, 2.05) is 0 Å². The van der Waals surface area contributed by atoms with Crippen molar-refractivity contribution in [3.05, 3.63) is 71.7 Å². The highest BCUT2D eigenvalue weighted by Crippen LogP contribution is 2.57. The Morgan fingerprint density at radius 1 is 1.07 bits per heavy atom. The predicted molar refractivity (Wildman–Crippen MR) is 178 cm³/mol. The first kappa shape index (κ1) is 31.6. The van der Waals surface area contributed by atoms with Gasteiger partial charge in [-0.15, -0.1) is 0 Å². The molecule has 0 spiro atoms. The third-order valence-corrected chi connectivity index (χ3v) is 11.4. The van der Waals surface area contributed by atoms with E-state index < -0.39 is 11.8 Å². The molecule has 5 fully saturated rings. The minimum atomic E-state index is -2.96. The second-order valence-electron chi connectivity index (χ2n) is 12.9. The Morgan fingerprint density at radius 2 is 1.82 bits per heavy atom. The van der Waals surface area contributed by atoms with Crippen LogP contribution in [0, 0.1) is 23.7 Å². The highest BCUT2D eigenvalue weighted by atomic mass is 35.5. The highest BCUT2D eigenvalue weighted by Gasteiger charge is 2.53. The Hall–Kier alpha value is -2.33. The summed E-state index contributed by atoms with van der Waals surface area (Å²) in [6.45, 7) is 13.9. The van der Waals surface area contributed by atoms with Crippen molar-refractivity contribution in [2.75, 3.05) is 55.6 Å². The van der Waals surface area contributed by atoms with Crippen LogP contribution in [0.5, 0.6) is 0 Å². The number of halogens is 3. The Morgan fingerprint density at radius 3 is 2.48 bits per heavy atom. The summed E-state index contributed by atoms with van der Waals surface area (Å²) >= 11 is 8.14. The Kier molecular flexibility index (Phi) is 9.76. The number of hydrogen-bond donors (Lipinski definition) is 2. The summed E-state index contributed by atoms with van der Waals surface area (Å²) in [5, 5.41) is 3.53. The van der Waals surface area contributed by atoms with Gasteiger partial charge in [-0.25, -0.2) is 18.1 Å². The number of alkyl halides is 2. The SMILES string of the molecule is C=C(NCCCN)C1C[C@@H]2CCC1CC2C(F)(F)c1cc(Cl)nc(N2CCN(Sc3ccc(N4CCCC4=C)cc3)CC2)c1. The van der Waals surface area contributed by atoms with Gasteiger partial charge in [0, 0.05) is 78.6 Å². The fourth-order valence-electron chi connectivity index (χ4n) is 7.73. The summed E-state index contributed by atoms with van der Waals surface area (Å²) in [6.07, 6.45) is 6.21. The molecule has 2 bridgehead atoms. The maximum atomic E-state index is 16.3. The normalized spacial score (nSPS) is 26.0. The zero-order valence-electron chi connectivity index (χ0n) is 25.5. The van der Waals surface area contributed by atoms with E-state index in [-0.39, 0.29) is 28.5 Å². The number of rotatable bonds is 11. The third-order valence-electron chi connectivity index (χ3n) is 10.1. The van der Waals surface area contributed by atoms with Gasteiger partial charge in [0.15, 0.2) is 0 Å². The molecule has 3 N–H and O–H groups in total. The molecule has 2 aromatic rings. The maximum absolute atomic E-state index is 16.3. The van der Waals surface area contributed by atoms with Gasteiger partial charge in [-0.3, -0.25) is 0 Å². The van der Waals surface area contributed by atoms with E-state index in [1.165, 1.54) is 22.3 Å². The van der Waals surface area contributed by atoms with Crippen molar-refractivity contribution in [1.29, 1.82) is 0 Å². The number of pyridine rings is 1. The first-order valence-electron chi connectivity index (χ1n) is 16.1. The topological polar surface area (TPSA) is 60.7 Å². The second-order valence-corrected chi connectivity index (χ2v) is 14.4. The van der Waals surface area contributed by atoms with E-state index in [0.717, 1.165) is 70.4 Å². The van der Waals surface area contributed by atoms with Crippen LogP contribution in [0.3, 0.4) is 0 Å². The Labute approximate surface area is 270 Å². The molecule has 10 heteroatoms. The maximum Gasteiger partial charge on any atom is 0.276 e. The fraction of sp³-hybridized carbons (Fsp3) is 0.559. The van der Waals surface area contributed by atoms with Gasteiger partial charge in [-0.1, -0.05) is 24.8 Å². The summed E-state index contributed by atoms with van der Waals surface area (Å²) in [4.78, 5) is 10.1. The zero-order chi connectivity index (χ0) is 30.8. The van der Waals surface area contributed by atoms with Crippen LogP contribution in [0.2, 0.25) is 5.15 Å². The molecule has 7 rings (SSSR count). The highest BCUT2D eigenvalue weighted by molar-refractivity contribution is 7.97. The van der Waals surface area contributed by atoms with Crippen molar-refractivity contribution >= 4 is 35.1 Å². The molecule has 0 radical (unpaired) electrons. The number of nitrogens with two attached hydrogens (primary N) is 1. The van der Waals surface area contributed by atoms with Crippen molar-refractivity contribution in [2.24, 2.45) is 29.4 Å². The van der Waals surface area contributed by atoms with Gasteiger partial charge in [0.2, 0.25) is 0 Å². The standard InChI is InChI=1S/C34H45ClF2N6S/c1-23-5-3-14-43(23)28-8-10-29(11-9-28)44-42-17-15-41(16-18-42)33-22-27(21-32(35)40-33)34(36,37)31-20-25-6-7-26(31)19-30(25)24(2)39-13-4-12-38/h8-11,21-22,25-26,30-31,39H,1-7,12-20,38H2/t25?,26-,30?,31?/m0/s1. The van der Waals surface area contributed by atoms with Crippen LogP contribution in [-0.4, -0.2) is 55.1 Å². The van der Waals surface area contributed by atoms with E-state index in [4.69, 9.17) is 17.3 Å². The predicted octanol–water partition coefficient (Wildman–Crippen LogP) is 7.27. The molecule has 1 aromatic heterocycles. The van der Waals surface area contributed by atoms with Crippen molar-refractivity contribution in [2.45, 2.75) is 55.8 Å². The molecule has 6 nitrogen and oxygen atoms in total. The molecule has 3 unspecified atom stereocenters. The lowest BCUT2D eigenvalue weighted by Crippen LogP contribution is -2.46. The molecule has 3 heterocycles. The van der Waals surface area contributed by atoms with Crippen LogP contribution in [0.1, 0.15) is 50.5 Å². The Balaban J connectivity index is 1.06. The summed E-state index contributed by atoms with van der Waals surface area (Å²) in [5.74, 6) is -2.66. The van der Waals surface area contributed by atoms with Gasteiger partial charge in [0.25, 0.3) is 5.92 Å². The number of hydrogen-bond acceptors (Lipinski definition) is 7. The number of nitrogens with zero attached hydrogens (tertiary/aromatic N) is 4. The van der Waals surface area contributed by atoms with E-state index in [0.29, 0.717) is 31.9 Å². The van der Waals surface area contributed by atoms with Crippen LogP contribution in [0.4, 0.5) is 20.3 Å². The minimum Gasteiger partial charge on any atom is -0.389 e. The second kappa shape index (κ2) is 13.6. The van der Waals surface area contributed by atoms with Gasteiger partial charge in [0.05, 0.1) is 0 Å². The molecule has 44 heavy (non-hydrogen) atoms. The monoisotopic (exact) mass is 642 g/mol. The molecule has 1 aromatic carbocycles. The average molecular weight is 643 g/mol. The molecule has 5 aliphatic rings. The van der Waals surface area contributed by atoms with Gasteiger partial charge in [0.1, 0.15) is 11.0 Å². The van der Waals surface area contributed by atoms with E-state index in [2.05, 4.69) is 61.8 Å². The molecular formula is C34H45ClF2N6S. The van der Waals surface area contributed by atoms with Crippen LogP contribution in [0.15, 0.2) is 65.8 Å². The third kappa shape index (κ3) is 6.76. The molecule has 2 aliphatic heterocycles. The van der Waals surface area contributed by atoms with Crippen molar-refractivity contribution < 1.29 is 8.78 Å². The first-order valence-corrected chi connectivity index (χ1v) is 17.3.